The highest BCUT2D eigenvalue weighted by Gasteiger charge is 2.30. The molecule has 0 radical (unpaired) electrons. The van der Waals surface area contributed by atoms with Gasteiger partial charge in [0.05, 0.1) is 12.1 Å². The molecule has 3 amide bonds. The minimum Gasteiger partial charge on any atom is -0.357 e. The molecule has 0 aliphatic carbocycles. The van der Waals surface area contributed by atoms with Crippen molar-refractivity contribution in [3.05, 3.63) is 35.4 Å². The molecule has 1 aromatic rings. The number of hydrogen-bond acceptors (Lipinski definition) is 3. The standard InChI is InChI=1S/C17H22F3N5O2.HI/c1-2-21-15(23-9-10-25-14(26)11-24-16(25)27)22-8-7-12-3-5-13(6-4-12)17(18,19)20;/h3-6H,2,7-11H2,1H3,(H,24,27)(H2,21,22,23);1H. The van der Waals surface area contributed by atoms with Crippen LogP contribution in [0.5, 0.6) is 0 Å². The predicted octanol–water partition coefficient (Wildman–Crippen LogP) is 1.97. The Kier molecular flexibility index (Phi) is 9.49. The molecule has 1 saturated heterocycles. The Labute approximate surface area is 178 Å². The first kappa shape index (κ1) is 24.0. The van der Waals surface area contributed by atoms with Gasteiger partial charge in [0.15, 0.2) is 5.96 Å². The lowest BCUT2D eigenvalue weighted by atomic mass is 10.1. The van der Waals surface area contributed by atoms with Crippen LogP contribution in [-0.4, -0.2) is 55.5 Å². The van der Waals surface area contributed by atoms with E-state index in [2.05, 4.69) is 20.9 Å². The van der Waals surface area contributed by atoms with Crippen molar-refractivity contribution in [3.63, 3.8) is 0 Å². The zero-order chi connectivity index (χ0) is 19.9. The minimum absolute atomic E-state index is 0. The molecule has 0 bridgehead atoms. The smallest absolute Gasteiger partial charge is 0.357 e. The van der Waals surface area contributed by atoms with Crippen molar-refractivity contribution in [1.29, 1.82) is 0 Å². The summed E-state index contributed by atoms with van der Waals surface area (Å²) in [5.41, 5.74) is 0.0761. The Hall–Kier alpha value is -2.05. The van der Waals surface area contributed by atoms with Crippen LogP contribution in [0.2, 0.25) is 0 Å². The first-order valence-electron chi connectivity index (χ1n) is 8.57. The Morgan fingerprint density at radius 1 is 1.21 bits per heavy atom. The van der Waals surface area contributed by atoms with E-state index in [-0.39, 0.29) is 43.0 Å². The molecule has 0 saturated carbocycles. The van der Waals surface area contributed by atoms with Crippen molar-refractivity contribution in [3.8, 4) is 0 Å². The van der Waals surface area contributed by atoms with Gasteiger partial charge >= 0.3 is 12.2 Å². The molecule has 1 heterocycles. The Balaban J connectivity index is 0.00000392. The number of aliphatic imine (C=N–C) groups is 1. The normalized spacial score (nSPS) is 14.6. The summed E-state index contributed by atoms with van der Waals surface area (Å²) in [6, 6.07) is 4.58. The average molecular weight is 513 g/mol. The van der Waals surface area contributed by atoms with E-state index in [0.717, 1.165) is 22.6 Å². The van der Waals surface area contributed by atoms with Crippen LogP contribution in [0.15, 0.2) is 29.3 Å². The second-order valence-corrected chi connectivity index (χ2v) is 5.84. The lowest BCUT2D eigenvalue weighted by molar-refractivity contribution is -0.137. The summed E-state index contributed by atoms with van der Waals surface area (Å²) in [5, 5.41) is 8.49. The summed E-state index contributed by atoms with van der Waals surface area (Å²) >= 11 is 0. The number of guanidine groups is 1. The first-order chi connectivity index (χ1) is 12.8. The van der Waals surface area contributed by atoms with Crippen LogP contribution >= 0.6 is 24.0 Å². The molecule has 28 heavy (non-hydrogen) atoms. The van der Waals surface area contributed by atoms with E-state index in [1.807, 2.05) is 6.92 Å². The number of hydrogen-bond donors (Lipinski definition) is 3. The van der Waals surface area contributed by atoms with Crippen LogP contribution in [0, 0.1) is 0 Å². The maximum atomic E-state index is 12.6. The molecule has 0 spiro atoms. The molecular weight excluding hydrogens is 490 g/mol. The molecule has 0 aromatic heterocycles. The number of imide groups is 1. The lowest BCUT2D eigenvalue weighted by Gasteiger charge is -2.15. The van der Waals surface area contributed by atoms with Gasteiger partial charge in [-0.25, -0.2) is 4.79 Å². The van der Waals surface area contributed by atoms with E-state index in [0.29, 0.717) is 32.0 Å². The molecule has 1 fully saturated rings. The van der Waals surface area contributed by atoms with Crippen LogP contribution < -0.4 is 16.0 Å². The highest BCUT2D eigenvalue weighted by Crippen LogP contribution is 2.29. The Bertz CT molecular complexity index is 679. The molecular formula is C17H23F3IN5O2. The van der Waals surface area contributed by atoms with Crippen LogP contribution in [-0.2, 0) is 17.4 Å². The SMILES string of the molecule is CCNC(=NCCc1ccc(C(F)(F)F)cc1)NCCN1C(=O)CNC1=O.I. The van der Waals surface area contributed by atoms with Gasteiger partial charge in [0.2, 0.25) is 5.91 Å². The van der Waals surface area contributed by atoms with E-state index in [9.17, 15) is 22.8 Å². The molecule has 1 aromatic carbocycles. The number of halogens is 4. The summed E-state index contributed by atoms with van der Waals surface area (Å²) < 4.78 is 37.7. The zero-order valence-corrected chi connectivity index (χ0v) is 17.6. The van der Waals surface area contributed by atoms with Crippen molar-refractivity contribution < 1.29 is 22.8 Å². The average Bonchev–Trinajstić information content (AvgIpc) is 2.93. The zero-order valence-electron chi connectivity index (χ0n) is 15.3. The van der Waals surface area contributed by atoms with Gasteiger partial charge in [-0.3, -0.25) is 14.7 Å². The number of carbonyl (C=O) groups is 2. The molecule has 1 aliphatic rings. The quantitative estimate of drug-likeness (QED) is 0.225. The summed E-state index contributed by atoms with van der Waals surface area (Å²) in [6.45, 7) is 3.46. The van der Waals surface area contributed by atoms with E-state index < -0.39 is 17.8 Å². The van der Waals surface area contributed by atoms with Crippen LogP contribution in [0.3, 0.4) is 0 Å². The summed E-state index contributed by atoms with van der Waals surface area (Å²) in [5.74, 6) is 0.238. The maximum Gasteiger partial charge on any atom is 0.416 e. The number of amides is 3. The number of urea groups is 1. The molecule has 3 N–H and O–H groups in total. The van der Waals surface area contributed by atoms with E-state index in [4.69, 9.17) is 0 Å². The molecule has 0 atom stereocenters. The first-order valence-corrected chi connectivity index (χ1v) is 8.57. The largest absolute Gasteiger partial charge is 0.416 e. The van der Waals surface area contributed by atoms with E-state index in [1.54, 1.807) is 0 Å². The third-order valence-electron chi connectivity index (χ3n) is 3.86. The van der Waals surface area contributed by atoms with Crippen molar-refractivity contribution >= 4 is 41.9 Å². The third-order valence-corrected chi connectivity index (χ3v) is 3.86. The van der Waals surface area contributed by atoms with Crippen molar-refractivity contribution in [2.24, 2.45) is 4.99 Å². The predicted molar refractivity (Wildman–Crippen MR) is 110 cm³/mol. The van der Waals surface area contributed by atoms with Crippen molar-refractivity contribution in [2.45, 2.75) is 19.5 Å². The number of rotatable bonds is 7. The second kappa shape index (κ2) is 11.1. The molecule has 7 nitrogen and oxygen atoms in total. The van der Waals surface area contributed by atoms with Gasteiger partial charge in [0.25, 0.3) is 0 Å². The topological polar surface area (TPSA) is 85.8 Å². The van der Waals surface area contributed by atoms with Gasteiger partial charge in [-0.15, -0.1) is 24.0 Å². The monoisotopic (exact) mass is 513 g/mol. The Morgan fingerprint density at radius 2 is 1.89 bits per heavy atom. The second-order valence-electron chi connectivity index (χ2n) is 5.84. The van der Waals surface area contributed by atoms with E-state index in [1.165, 1.54) is 12.1 Å². The highest BCUT2D eigenvalue weighted by atomic mass is 127. The molecule has 2 rings (SSSR count). The number of nitrogens with zero attached hydrogens (tertiary/aromatic N) is 2. The van der Waals surface area contributed by atoms with Gasteiger partial charge in [-0.1, -0.05) is 12.1 Å². The van der Waals surface area contributed by atoms with Gasteiger partial charge in [-0.2, -0.15) is 13.2 Å². The fraction of sp³-hybridized carbons (Fsp3) is 0.471. The number of nitrogens with one attached hydrogen (secondary N) is 3. The fourth-order valence-electron chi connectivity index (χ4n) is 2.47. The summed E-state index contributed by atoms with van der Waals surface area (Å²) in [7, 11) is 0. The molecule has 0 unspecified atom stereocenters. The number of alkyl halides is 3. The van der Waals surface area contributed by atoms with Crippen molar-refractivity contribution in [1.82, 2.24) is 20.9 Å². The summed E-state index contributed by atoms with van der Waals surface area (Å²) in [4.78, 5) is 28.4. The van der Waals surface area contributed by atoms with Gasteiger partial charge in [0.1, 0.15) is 0 Å². The van der Waals surface area contributed by atoms with Gasteiger partial charge in [0, 0.05) is 26.2 Å². The van der Waals surface area contributed by atoms with Gasteiger partial charge < -0.3 is 16.0 Å². The van der Waals surface area contributed by atoms with Crippen LogP contribution in [0.4, 0.5) is 18.0 Å². The Morgan fingerprint density at radius 3 is 2.43 bits per heavy atom. The molecule has 1 aliphatic heterocycles. The fourth-order valence-corrected chi connectivity index (χ4v) is 2.47. The maximum absolute atomic E-state index is 12.6. The molecule has 156 valence electrons. The van der Waals surface area contributed by atoms with Crippen molar-refractivity contribution in [2.75, 3.05) is 32.7 Å². The summed E-state index contributed by atoms with van der Waals surface area (Å²) in [6.07, 6.45) is -3.85. The van der Waals surface area contributed by atoms with E-state index >= 15 is 0 Å². The van der Waals surface area contributed by atoms with Crippen LogP contribution in [0.25, 0.3) is 0 Å². The van der Waals surface area contributed by atoms with Crippen LogP contribution in [0.1, 0.15) is 18.1 Å². The minimum atomic E-state index is -4.34. The molecule has 11 heteroatoms. The van der Waals surface area contributed by atoms with Gasteiger partial charge in [-0.05, 0) is 31.0 Å². The number of benzene rings is 1. The highest BCUT2D eigenvalue weighted by molar-refractivity contribution is 14.0. The lowest BCUT2D eigenvalue weighted by Crippen LogP contribution is -2.43. The number of carbonyl (C=O) groups excluding carboxylic acids is 2. The third kappa shape index (κ3) is 7.17.